The smallest absolute Gasteiger partial charge is 0.302 e. The summed E-state index contributed by atoms with van der Waals surface area (Å²) in [6, 6.07) is 0. The number of fused-ring (bicyclic) bond motifs is 1. The van der Waals surface area contributed by atoms with E-state index in [4.69, 9.17) is 21.6 Å². The molecular weight excluding hydrogens is 440 g/mol. The van der Waals surface area contributed by atoms with E-state index in [1.807, 2.05) is 4.57 Å². The van der Waals surface area contributed by atoms with Gasteiger partial charge < -0.3 is 25.1 Å². The largest absolute Gasteiger partial charge is 0.465 e. The maximum Gasteiger partial charge on any atom is 0.302 e. The SMILES string of the molecule is C#CCNC(=O)CCCCCc1nc(N)nc2c1ncn2CCC(COC(C)=O)COC(C)=O. The molecule has 3 N–H and O–H groups in total. The molecule has 0 aliphatic carbocycles. The molecule has 11 heteroatoms. The second kappa shape index (κ2) is 13.8. The predicted octanol–water partition coefficient (Wildman–Crippen LogP) is 1.39. The van der Waals surface area contributed by atoms with Crippen molar-refractivity contribution in [3.8, 4) is 12.3 Å². The Bertz CT molecular complexity index is 1010. The van der Waals surface area contributed by atoms with Crippen LogP contribution >= 0.6 is 0 Å². The van der Waals surface area contributed by atoms with Crippen LogP contribution in [0.5, 0.6) is 0 Å². The third-order valence-corrected chi connectivity index (χ3v) is 5.08. The molecule has 2 heterocycles. The third-order valence-electron chi connectivity index (χ3n) is 5.08. The number of unbranched alkanes of at least 4 members (excludes halogenated alkanes) is 2. The standard InChI is InChI=1S/C23H32N6O5/c1-4-11-25-20(32)9-7-5-6-8-19-21-22(28-23(24)27-19)29(15-26-21)12-10-18(13-33-16(2)30)14-34-17(3)31/h1,15,18H,5-14H2,2-3H3,(H,25,32)(H2,24,27,28). The van der Waals surface area contributed by atoms with Crippen molar-refractivity contribution in [2.24, 2.45) is 5.92 Å². The normalized spacial score (nSPS) is 10.8. The number of carbonyl (C=O) groups excluding carboxylic acids is 3. The first-order valence-corrected chi connectivity index (χ1v) is 11.2. The van der Waals surface area contributed by atoms with Crippen molar-refractivity contribution < 1.29 is 23.9 Å². The summed E-state index contributed by atoms with van der Waals surface area (Å²) < 4.78 is 12.1. The summed E-state index contributed by atoms with van der Waals surface area (Å²) in [4.78, 5) is 47.1. The van der Waals surface area contributed by atoms with Crippen LogP contribution in [0.4, 0.5) is 5.95 Å². The Hall–Kier alpha value is -3.68. The summed E-state index contributed by atoms with van der Waals surface area (Å²) in [7, 11) is 0. The molecule has 34 heavy (non-hydrogen) atoms. The molecule has 0 unspecified atom stereocenters. The highest BCUT2D eigenvalue weighted by Gasteiger charge is 2.16. The highest BCUT2D eigenvalue weighted by atomic mass is 16.5. The molecule has 0 saturated heterocycles. The van der Waals surface area contributed by atoms with Crippen LogP contribution in [-0.4, -0.2) is 57.1 Å². The number of esters is 2. The molecule has 2 aromatic heterocycles. The fraction of sp³-hybridized carbons (Fsp3) is 0.565. The van der Waals surface area contributed by atoms with Crippen LogP contribution in [-0.2, 0) is 36.8 Å². The van der Waals surface area contributed by atoms with Gasteiger partial charge in [-0.2, -0.15) is 4.98 Å². The minimum Gasteiger partial charge on any atom is -0.465 e. The number of nitrogens with one attached hydrogen (secondary N) is 1. The van der Waals surface area contributed by atoms with Crippen molar-refractivity contribution in [3.63, 3.8) is 0 Å². The van der Waals surface area contributed by atoms with E-state index in [0.29, 0.717) is 37.0 Å². The number of anilines is 1. The molecule has 0 fully saturated rings. The summed E-state index contributed by atoms with van der Waals surface area (Å²) in [5.74, 6) is 1.54. The highest BCUT2D eigenvalue weighted by Crippen LogP contribution is 2.19. The maximum absolute atomic E-state index is 11.6. The lowest BCUT2D eigenvalue weighted by Crippen LogP contribution is -2.22. The molecule has 11 nitrogen and oxygen atoms in total. The van der Waals surface area contributed by atoms with Crippen LogP contribution in [0.2, 0.25) is 0 Å². The number of carbonyl (C=O) groups is 3. The number of aryl methyl sites for hydroxylation is 2. The molecular formula is C23H32N6O5. The number of amides is 1. The van der Waals surface area contributed by atoms with Gasteiger partial charge in [0, 0.05) is 32.7 Å². The Labute approximate surface area is 198 Å². The molecule has 0 bridgehead atoms. The first-order chi connectivity index (χ1) is 16.3. The van der Waals surface area contributed by atoms with Crippen LogP contribution in [0.25, 0.3) is 11.2 Å². The molecule has 0 aromatic carbocycles. The molecule has 0 spiro atoms. The van der Waals surface area contributed by atoms with Crippen LogP contribution in [0.3, 0.4) is 0 Å². The first kappa shape index (κ1) is 26.6. The van der Waals surface area contributed by atoms with Gasteiger partial charge in [0.05, 0.1) is 31.8 Å². The van der Waals surface area contributed by atoms with Gasteiger partial charge in [0.2, 0.25) is 11.9 Å². The molecule has 2 aromatic rings. The average molecular weight is 473 g/mol. The maximum atomic E-state index is 11.6. The van der Waals surface area contributed by atoms with Crippen molar-refractivity contribution >= 4 is 35.0 Å². The van der Waals surface area contributed by atoms with E-state index in [-0.39, 0.29) is 49.5 Å². The van der Waals surface area contributed by atoms with E-state index in [1.165, 1.54) is 13.8 Å². The topological polar surface area (TPSA) is 151 Å². The number of imidazole rings is 1. The molecule has 0 aliphatic heterocycles. The number of nitrogen functional groups attached to an aromatic ring is 1. The number of hydrogen-bond acceptors (Lipinski definition) is 9. The number of nitrogens with two attached hydrogens (primary N) is 1. The number of ether oxygens (including phenoxy) is 2. The van der Waals surface area contributed by atoms with Gasteiger partial charge in [0.1, 0.15) is 5.52 Å². The lowest BCUT2D eigenvalue weighted by Gasteiger charge is -2.16. The Balaban J connectivity index is 1.96. The summed E-state index contributed by atoms with van der Waals surface area (Å²) in [5.41, 5.74) is 8.00. The van der Waals surface area contributed by atoms with Gasteiger partial charge in [-0.3, -0.25) is 14.4 Å². The van der Waals surface area contributed by atoms with Gasteiger partial charge in [-0.15, -0.1) is 6.42 Å². The summed E-state index contributed by atoms with van der Waals surface area (Å²) in [6.07, 6.45) is 10.9. The molecule has 0 atom stereocenters. The predicted molar refractivity (Wildman–Crippen MR) is 125 cm³/mol. The number of nitrogens with zero attached hydrogens (tertiary/aromatic N) is 4. The van der Waals surface area contributed by atoms with Gasteiger partial charge in [0.15, 0.2) is 5.65 Å². The molecule has 0 aliphatic rings. The fourth-order valence-corrected chi connectivity index (χ4v) is 3.36. The van der Waals surface area contributed by atoms with Gasteiger partial charge in [-0.1, -0.05) is 12.3 Å². The monoisotopic (exact) mass is 472 g/mol. The average Bonchev–Trinajstić information content (AvgIpc) is 3.19. The molecule has 0 saturated carbocycles. The molecule has 1 amide bonds. The van der Waals surface area contributed by atoms with Crippen LogP contribution in [0.1, 0.15) is 51.6 Å². The first-order valence-electron chi connectivity index (χ1n) is 11.2. The van der Waals surface area contributed by atoms with Crippen molar-refractivity contribution in [2.45, 2.75) is 58.9 Å². The van der Waals surface area contributed by atoms with E-state index >= 15 is 0 Å². The molecule has 2 rings (SSSR count). The zero-order valence-electron chi connectivity index (χ0n) is 19.7. The van der Waals surface area contributed by atoms with Gasteiger partial charge in [-0.25, -0.2) is 9.97 Å². The van der Waals surface area contributed by atoms with E-state index in [0.717, 1.165) is 25.0 Å². The van der Waals surface area contributed by atoms with Crippen LogP contribution in [0.15, 0.2) is 6.33 Å². The number of aromatic nitrogens is 4. The second-order valence-corrected chi connectivity index (χ2v) is 7.94. The Morgan fingerprint density at radius 2 is 1.85 bits per heavy atom. The quantitative estimate of drug-likeness (QED) is 0.236. The Morgan fingerprint density at radius 3 is 2.50 bits per heavy atom. The lowest BCUT2D eigenvalue weighted by atomic mass is 10.1. The fourth-order valence-electron chi connectivity index (χ4n) is 3.36. The van der Waals surface area contributed by atoms with Crippen molar-refractivity contribution in [1.82, 2.24) is 24.8 Å². The van der Waals surface area contributed by atoms with E-state index in [1.54, 1.807) is 6.33 Å². The number of terminal acetylenes is 1. The van der Waals surface area contributed by atoms with Crippen LogP contribution < -0.4 is 11.1 Å². The zero-order valence-corrected chi connectivity index (χ0v) is 19.7. The molecule has 184 valence electrons. The Morgan fingerprint density at radius 1 is 1.15 bits per heavy atom. The Kier molecular flexibility index (Phi) is 10.8. The summed E-state index contributed by atoms with van der Waals surface area (Å²) in [6.45, 7) is 3.74. The second-order valence-electron chi connectivity index (χ2n) is 7.94. The third kappa shape index (κ3) is 9.05. The highest BCUT2D eigenvalue weighted by molar-refractivity contribution is 5.76. The van der Waals surface area contributed by atoms with E-state index in [2.05, 4.69) is 26.2 Å². The summed E-state index contributed by atoms with van der Waals surface area (Å²) in [5, 5.41) is 2.65. The van der Waals surface area contributed by atoms with Gasteiger partial charge in [-0.05, 0) is 25.7 Å². The number of hydrogen-bond donors (Lipinski definition) is 2. The van der Waals surface area contributed by atoms with E-state index < -0.39 is 0 Å². The van der Waals surface area contributed by atoms with Crippen molar-refractivity contribution in [2.75, 3.05) is 25.5 Å². The van der Waals surface area contributed by atoms with Crippen molar-refractivity contribution in [1.29, 1.82) is 0 Å². The minimum absolute atomic E-state index is 0.0499. The molecule has 0 radical (unpaired) electrons. The van der Waals surface area contributed by atoms with E-state index in [9.17, 15) is 14.4 Å². The minimum atomic E-state index is -0.390. The lowest BCUT2D eigenvalue weighted by molar-refractivity contribution is -0.146. The number of rotatable bonds is 14. The zero-order chi connectivity index (χ0) is 24.9. The van der Waals surface area contributed by atoms with Gasteiger partial charge in [0.25, 0.3) is 0 Å². The van der Waals surface area contributed by atoms with Crippen LogP contribution in [0, 0.1) is 18.3 Å². The van der Waals surface area contributed by atoms with Crippen molar-refractivity contribution in [3.05, 3.63) is 12.0 Å². The van der Waals surface area contributed by atoms with Gasteiger partial charge >= 0.3 is 11.9 Å². The summed E-state index contributed by atoms with van der Waals surface area (Å²) >= 11 is 0.